The molecule has 0 heterocycles. The molecule has 1 unspecified atom stereocenters. The molecule has 0 bridgehead atoms. The largest absolute Gasteiger partial charge is 0.324 e. The van der Waals surface area contributed by atoms with E-state index in [2.05, 4.69) is 68.3 Å². The standard InChI is InChI=1S/C13H24N2Si/c1-5-14-11-15-16(13(2,3)4)12-9-7-6-8-10-12/h6-10,14-16H,5,11H2,1-4H3. The van der Waals surface area contributed by atoms with Crippen LogP contribution in [0.4, 0.5) is 0 Å². The smallest absolute Gasteiger partial charge is 0.147 e. The molecule has 0 aromatic heterocycles. The Balaban J connectivity index is 2.73. The molecule has 0 aliphatic heterocycles. The first-order chi connectivity index (χ1) is 7.55. The molecule has 0 saturated heterocycles. The van der Waals surface area contributed by atoms with Crippen molar-refractivity contribution < 1.29 is 0 Å². The number of nitrogens with one attached hydrogen (secondary N) is 2. The van der Waals surface area contributed by atoms with Gasteiger partial charge in [-0.25, -0.2) is 0 Å². The Kier molecular flexibility index (Phi) is 5.18. The van der Waals surface area contributed by atoms with E-state index in [9.17, 15) is 0 Å². The topological polar surface area (TPSA) is 24.1 Å². The minimum atomic E-state index is -1.12. The molecule has 1 rings (SSSR count). The van der Waals surface area contributed by atoms with Gasteiger partial charge in [0, 0.05) is 6.67 Å². The Morgan fingerprint density at radius 2 is 1.75 bits per heavy atom. The molecule has 0 amide bonds. The maximum absolute atomic E-state index is 3.70. The Morgan fingerprint density at radius 1 is 1.12 bits per heavy atom. The van der Waals surface area contributed by atoms with Crippen LogP contribution in [0.5, 0.6) is 0 Å². The molecule has 0 aliphatic rings. The summed E-state index contributed by atoms with van der Waals surface area (Å²) in [4.78, 5) is 3.70. The summed E-state index contributed by atoms with van der Waals surface area (Å²) in [7, 11) is -1.12. The zero-order valence-corrected chi connectivity index (χ0v) is 12.0. The Morgan fingerprint density at radius 3 is 2.25 bits per heavy atom. The van der Waals surface area contributed by atoms with E-state index in [1.807, 2.05) is 0 Å². The van der Waals surface area contributed by atoms with E-state index in [4.69, 9.17) is 0 Å². The second kappa shape index (κ2) is 6.18. The molecule has 0 aliphatic carbocycles. The summed E-state index contributed by atoms with van der Waals surface area (Å²) in [6, 6.07) is 10.9. The van der Waals surface area contributed by atoms with Crippen LogP contribution in [0.25, 0.3) is 0 Å². The first-order valence-electron chi connectivity index (χ1n) is 6.04. The highest BCUT2D eigenvalue weighted by atomic mass is 28.3. The maximum Gasteiger partial charge on any atom is 0.147 e. The van der Waals surface area contributed by atoms with Crippen LogP contribution < -0.4 is 15.5 Å². The summed E-state index contributed by atoms with van der Waals surface area (Å²) >= 11 is 0. The van der Waals surface area contributed by atoms with Gasteiger partial charge in [0.15, 0.2) is 0 Å². The van der Waals surface area contributed by atoms with E-state index in [1.165, 1.54) is 5.19 Å². The van der Waals surface area contributed by atoms with Gasteiger partial charge >= 0.3 is 0 Å². The van der Waals surface area contributed by atoms with Crippen LogP contribution in [-0.2, 0) is 0 Å². The molecule has 0 radical (unpaired) electrons. The highest BCUT2D eigenvalue weighted by Crippen LogP contribution is 2.24. The van der Waals surface area contributed by atoms with Crippen molar-refractivity contribution >= 4 is 14.1 Å². The predicted molar refractivity (Wildman–Crippen MR) is 74.6 cm³/mol. The number of hydrogen-bond donors (Lipinski definition) is 2. The van der Waals surface area contributed by atoms with Crippen LogP contribution in [0.1, 0.15) is 27.7 Å². The van der Waals surface area contributed by atoms with Crippen molar-refractivity contribution in [3.8, 4) is 0 Å². The summed E-state index contributed by atoms with van der Waals surface area (Å²) in [5.74, 6) is 0. The fourth-order valence-corrected chi connectivity index (χ4v) is 4.67. The molecule has 1 aromatic carbocycles. The van der Waals surface area contributed by atoms with Crippen LogP contribution in [0.15, 0.2) is 30.3 Å². The molecule has 1 atom stereocenters. The van der Waals surface area contributed by atoms with Gasteiger partial charge in [0.2, 0.25) is 0 Å². The van der Waals surface area contributed by atoms with Gasteiger partial charge in [-0.1, -0.05) is 58.0 Å². The van der Waals surface area contributed by atoms with Gasteiger partial charge in [-0.15, -0.1) is 0 Å². The Bertz CT molecular complexity index is 293. The molecular weight excluding hydrogens is 212 g/mol. The highest BCUT2D eigenvalue weighted by Gasteiger charge is 2.27. The van der Waals surface area contributed by atoms with Gasteiger partial charge in [0.1, 0.15) is 8.96 Å². The van der Waals surface area contributed by atoms with Gasteiger partial charge in [-0.3, -0.25) is 0 Å². The quantitative estimate of drug-likeness (QED) is 0.461. The third-order valence-electron chi connectivity index (χ3n) is 2.68. The summed E-state index contributed by atoms with van der Waals surface area (Å²) in [6.07, 6.45) is 0. The normalized spacial score (nSPS) is 13.8. The molecular formula is C13H24N2Si. The molecule has 90 valence electrons. The second-order valence-electron chi connectivity index (χ2n) is 5.19. The van der Waals surface area contributed by atoms with Crippen molar-refractivity contribution in [1.82, 2.24) is 10.3 Å². The van der Waals surface area contributed by atoms with Gasteiger partial charge in [-0.05, 0) is 16.8 Å². The molecule has 16 heavy (non-hydrogen) atoms. The fourth-order valence-electron chi connectivity index (χ4n) is 1.87. The zero-order chi connectivity index (χ0) is 12.0. The van der Waals surface area contributed by atoms with Gasteiger partial charge in [0.05, 0.1) is 0 Å². The third-order valence-corrected chi connectivity index (χ3v) is 6.08. The highest BCUT2D eigenvalue weighted by molar-refractivity contribution is 6.73. The summed E-state index contributed by atoms with van der Waals surface area (Å²) < 4.78 is 0. The van der Waals surface area contributed by atoms with Crippen molar-refractivity contribution in [2.24, 2.45) is 0 Å². The van der Waals surface area contributed by atoms with Crippen LogP contribution in [0, 0.1) is 0 Å². The minimum absolute atomic E-state index is 0.358. The van der Waals surface area contributed by atoms with Gasteiger partial charge < -0.3 is 10.3 Å². The van der Waals surface area contributed by atoms with E-state index < -0.39 is 8.96 Å². The van der Waals surface area contributed by atoms with Crippen molar-refractivity contribution in [3.63, 3.8) is 0 Å². The monoisotopic (exact) mass is 236 g/mol. The lowest BCUT2D eigenvalue weighted by Crippen LogP contribution is -2.53. The summed E-state index contributed by atoms with van der Waals surface area (Å²) in [5, 5.41) is 5.20. The van der Waals surface area contributed by atoms with Crippen LogP contribution in [0.2, 0.25) is 5.04 Å². The van der Waals surface area contributed by atoms with Gasteiger partial charge in [0.25, 0.3) is 0 Å². The van der Waals surface area contributed by atoms with E-state index in [-0.39, 0.29) is 0 Å². The van der Waals surface area contributed by atoms with Crippen molar-refractivity contribution in [1.29, 1.82) is 0 Å². The van der Waals surface area contributed by atoms with Gasteiger partial charge in [-0.2, -0.15) is 0 Å². The van der Waals surface area contributed by atoms with Crippen LogP contribution in [0.3, 0.4) is 0 Å². The van der Waals surface area contributed by atoms with Crippen LogP contribution in [-0.4, -0.2) is 22.2 Å². The van der Waals surface area contributed by atoms with E-state index in [0.29, 0.717) is 5.04 Å². The molecule has 2 nitrogen and oxygen atoms in total. The maximum atomic E-state index is 3.70. The van der Waals surface area contributed by atoms with Crippen molar-refractivity contribution in [2.45, 2.75) is 32.7 Å². The average molecular weight is 236 g/mol. The molecule has 1 aromatic rings. The predicted octanol–water partition coefficient (Wildman–Crippen LogP) is 1.57. The SMILES string of the molecule is CCNCN[SiH](c1ccccc1)C(C)(C)C. The molecule has 2 N–H and O–H groups in total. The molecule has 3 heteroatoms. The molecule has 0 saturated carbocycles. The summed E-state index contributed by atoms with van der Waals surface area (Å²) in [5.41, 5.74) is 0. The molecule has 0 fully saturated rings. The van der Waals surface area contributed by atoms with Crippen LogP contribution >= 0.6 is 0 Å². The Hall–Kier alpha value is -0.643. The Labute approximate surface area is 101 Å². The average Bonchev–Trinajstić information content (AvgIpc) is 2.24. The fraction of sp³-hybridized carbons (Fsp3) is 0.538. The first-order valence-corrected chi connectivity index (χ1v) is 7.78. The summed E-state index contributed by atoms with van der Waals surface area (Å²) in [6.45, 7) is 11.1. The first kappa shape index (κ1) is 13.4. The van der Waals surface area contributed by atoms with E-state index >= 15 is 0 Å². The third kappa shape index (κ3) is 4.08. The lowest BCUT2D eigenvalue weighted by molar-refractivity contribution is 0.662. The molecule has 0 spiro atoms. The number of benzene rings is 1. The second-order valence-corrected chi connectivity index (χ2v) is 8.87. The van der Waals surface area contributed by atoms with Crippen molar-refractivity contribution in [2.75, 3.05) is 13.2 Å². The van der Waals surface area contributed by atoms with E-state index in [0.717, 1.165) is 13.2 Å². The number of rotatable bonds is 5. The lowest BCUT2D eigenvalue weighted by atomic mass is 10.2. The van der Waals surface area contributed by atoms with E-state index in [1.54, 1.807) is 0 Å². The van der Waals surface area contributed by atoms with Crippen molar-refractivity contribution in [3.05, 3.63) is 30.3 Å². The minimum Gasteiger partial charge on any atom is -0.324 e. The lowest BCUT2D eigenvalue weighted by Gasteiger charge is -2.30. The zero-order valence-electron chi connectivity index (χ0n) is 10.9. The number of hydrogen-bond acceptors (Lipinski definition) is 2.